The maximum absolute atomic E-state index is 12.6. The fraction of sp³-hybridized carbons (Fsp3) is 0.846. The Hall–Kier alpha value is -0.910. The summed E-state index contributed by atoms with van der Waals surface area (Å²) in [6.45, 7) is 0.685. The van der Waals surface area contributed by atoms with E-state index in [2.05, 4.69) is 5.32 Å². The maximum Gasteiger partial charge on any atom is 0.248 e. The first-order chi connectivity index (χ1) is 9.03. The topological polar surface area (TPSA) is 66.5 Å². The molecule has 2 aliphatic rings. The Morgan fingerprint density at radius 1 is 1.26 bits per heavy atom. The van der Waals surface area contributed by atoms with Gasteiger partial charge in [0.2, 0.25) is 11.8 Å². The minimum atomic E-state index is -0.842. The Morgan fingerprint density at radius 2 is 1.95 bits per heavy atom. The first-order valence-electron chi connectivity index (χ1n) is 6.94. The number of hydrogen-bond acceptors (Lipinski definition) is 3. The lowest BCUT2D eigenvalue weighted by atomic mass is 9.79. The van der Waals surface area contributed by atoms with Crippen LogP contribution in [0.15, 0.2) is 0 Å². The largest absolute Gasteiger partial charge is 0.340 e. The quantitative estimate of drug-likeness (QED) is 0.814. The molecule has 2 rings (SSSR count). The molecule has 2 fully saturated rings. The number of piperazine rings is 1. The van der Waals surface area contributed by atoms with Gasteiger partial charge in [-0.1, -0.05) is 19.3 Å². The van der Waals surface area contributed by atoms with Crippen molar-refractivity contribution in [2.24, 2.45) is 0 Å². The zero-order valence-corrected chi connectivity index (χ0v) is 12.3. The molecular weight excluding hydrogens is 264 g/mol. The van der Waals surface area contributed by atoms with Crippen LogP contribution in [0.4, 0.5) is 0 Å². The van der Waals surface area contributed by atoms with Gasteiger partial charge in [0.25, 0.3) is 0 Å². The first-order valence-corrected chi connectivity index (χ1v) is 8.67. The molecule has 2 amide bonds. The fourth-order valence-corrected chi connectivity index (χ4v) is 3.58. The van der Waals surface area contributed by atoms with Crippen LogP contribution in [-0.2, 0) is 20.4 Å². The van der Waals surface area contributed by atoms with Crippen LogP contribution in [0.5, 0.6) is 0 Å². The van der Waals surface area contributed by atoms with Crippen LogP contribution >= 0.6 is 0 Å². The lowest BCUT2D eigenvalue weighted by molar-refractivity contribution is -0.151. The second-order valence-electron chi connectivity index (χ2n) is 5.55. The summed E-state index contributed by atoms with van der Waals surface area (Å²) >= 11 is 0. The van der Waals surface area contributed by atoms with Gasteiger partial charge in [-0.25, -0.2) is 0 Å². The standard InChI is InChI=1S/C13H22N2O3S/c1-19(18)9-5-8-15-10-11(16)14-13(12(15)17)6-3-2-4-7-13/h2-10H2,1H3,(H,14,16). The number of amides is 2. The van der Waals surface area contributed by atoms with Gasteiger partial charge in [0.1, 0.15) is 5.54 Å². The maximum atomic E-state index is 12.6. The molecule has 1 heterocycles. The van der Waals surface area contributed by atoms with Crippen LogP contribution in [0.3, 0.4) is 0 Å². The molecule has 0 aromatic carbocycles. The average molecular weight is 286 g/mol. The van der Waals surface area contributed by atoms with Crippen molar-refractivity contribution in [2.45, 2.75) is 44.1 Å². The minimum Gasteiger partial charge on any atom is -0.340 e. The highest BCUT2D eigenvalue weighted by molar-refractivity contribution is 7.84. The number of nitrogens with zero attached hydrogens (tertiary/aromatic N) is 1. The summed E-state index contributed by atoms with van der Waals surface area (Å²) < 4.78 is 11.1. The van der Waals surface area contributed by atoms with E-state index in [1.165, 1.54) is 0 Å². The molecule has 19 heavy (non-hydrogen) atoms. The van der Waals surface area contributed by atoms with Crippen molar-refractivity contribution < 1.29 is 13.8 Å². The lowest BCUT2D eigenvalue weighted by Crippen LogP contribution is -2.67. The van der Waals surface area contributed by atoms with Gasteiger partial charge in [-0.05, 0) is 19.3 Å². The summed E-state index contributed by atoms with van der Waals surface area (Å²) in [6, 6.07) is 0. The summed E-state index contributed by atoms with van der Waals surface area (Å²) in [5.41, 5.74) is -0.640. The summed E-state index contributed by atoms with van der Waals surface area (Å²) in [7, 11) is -0.842. The molecule has 1 N–H and O–H groups in total. The molecule has 6 heteroatoms. The number of hydrogen-bond donors (Lipinski definition) is 1. The van der Waals surface area contributed by atoms with E-state index in [0.29, 0.717) is 18.7 Å². The van der Waals surface area contributed by atoms with Crippen LogP contribution in [0.1, 0.15) is 38.5 Å². The van der Waals surface area contributed by atoms with E-state index in [1.807, 2.05) is 0 Å². The molecule has 108 valence electrons. The van der Waals surface area contributed by atoms with E-state index in [-0.39, 0.29) is 18.4 Å². The molecule has 1 atom stereocenters. The third kappa shape index (κ3) is 3.35. The van der Waals surface area contributed by atoms with Crippen molar-refractivity contribution in [2.75, 3.05) is 25.1 Å². The van der Waals surface area contributed by atoms with Gasteiger partial charge >= 0.3 is 0 Å². The predicted octanol–water partition coefficient (Wildman–Crippen LogP) is 0.416. The van der Waals surface area contributed by atoms with Crippen molar-refractivity contribution in [3.63, 3.8) is 0 Å². The van der Waals surface area contributed by atoms with E-state index in [1.54, 1.807) is 11.2 Å². The molecule has 0 radical (unpaired) electrons. The molecule has 0 bridgehead atoms. The normalized spacial score (nSPS) is 24.4. The molecule has 1 saturated carbocycles. The summed E-state index contributed by atoms with van der Waals surface area (Å²) in [5.74, 6) is 0.589. The Bertz CT molecular complexity index is 391. The highest BCUT2D eigenvalue weighted by atomic mass is 32.2. The Balaban J connectivity index is 2.01. The van der Waals surface area contributed by atoms with Crippen molar-refractivity contribution in [1.29, 1.82) is 0 Å². The molecule has 1 aliphatic heterocycles. The van der Waals surface area contributed by atoms with E-state index in [0.717, 1.165) is 32.1 Å². The van der Waals surface area contributed by atoms with Crippen LogP contribution in [0.25, 0.3) is 0 Å². The second kappa shape index (κ2) is 6.03. The zero-order valence-electron chi connectivity index (χ0n) is 11.4. The fourth-order valence-electron chi connectivity index (χ4n) is 3.04. The van der Waals surface area contributed by atoms with Crippen LogP contribution in [0, 0.1) is 0 Å². The van der Waals surface area contributed by atoms with Gasteiger partial charge in [0.05, 0.1) is 6.54 Å². The van der Waals surface area contributed by atoms with Crippen LogP contribution < -0.4 is 5.32 Å². The van der Waals surface area contributed by atoms with Crippen molar-refractivity contribution in [1.82, 2.24) is 10.2 Å². The third-order valence-corrected chi connectivity index (χ3v) is 4.84. The number of carbonyl (C=O) groups is 2. The summed E-state index contributed by atoms with van der Waals surface area (Å²) in [6.07, 6.45) is 7.00. The van der Waals surface area contributed by atoms with Crippen molar-refractivity contribution in [3.8, 4) is 0 Å². The van der Waals surface area contributed by atoms with Gasteiger partial charge in [-0.3, -0.25) is 13.8 Å². The zero-order chi connectivity index (χ0) is 13.9. The highest BCUT2D eigenvalue weighted by Crippen LogP contribution is 2.31. The molecule has 5 nitrogen and oxygen atoms in total. The first kappa shape index (κ1) is 14.5. The van der Waals surface area contributed by atoms with Gasteiger partial charge in [0, 0.05) is 29.4 Å². The summed E-state index contributed by atoms with van der Waals surface area (Å²) in [4.78, 5) is 26.0. The van der Waals surface area contributed by atoms with E-state index in [9.17, 15) is 13.8 Å². The summed E-state index contributed by atoms with van der Waals surface area (Å²) in [5, 5.41) is 2.92. The Kier molecular flexibility index (Phi) is 4.60. The molecule has 1 saturated heterocycles. The van der Waals surface area contributed by atoms with E-state index < -0.39 is 16.3 Å². The van der Waals surface area contributed by atoms with Crippen LogP contribution in [0.2, 0.25) is 0 Å². The number of nitrogens with one attached hydrogen (secondary N) is 1. The van der Waals surface area contributed by atoms with Gasteiger partial charge in [-0.15, -0.1) is 0 Å². The van der Waals surface area contributed by atoms with Crippen molar-refractivity contribution in [3.05, 3.63) is 0 Å². The van der Waals surface area contributed by atoms with Gasteiger partial charge < -0.3 is 10.2 Å². The molecular formula is C13H22N2O3S. The molecule has 0 aromatic heterocycles. The molecule has 1 unspecified atom stereocenters. The smallest absolute Gasteiger partial charge is 0.248 e. The second-order valence-corrected chi connectivity index (χ2v) is 7.10. The molecule has 1 spiro atoms. The van der Waals surface area contributed by atoms with Crippen molar-refractivity contribution >= 4 is 22.6 Å². The monoisotopic (exact) mass is 286 g/mol. The van der Waals surface area contributed by atoms with E-state index >= 15 is 0 Å². The van der Waals surface area contributed by atoms with Crippen LogP contribution in [-0.4, -0.2) is 51.6 Å². The highest BCUT2D eigenvalue weighted by Gasteiger charge is 2.46. The average Bonchev–Trinajstić information content (AvgIpc) is 2.36. The van der Waals surface area contributed by atoms with E-state index in [4.69, 9.17) is 0 Å². The van der Waals surface area contributed by atoms with Gasteiger partial charge in [0.15, 0.2) is 0 Å². The number of carbonyl (C=O) groups excluding carboxylic acids is 2. The lowest BCUT2D eigenvalue weighted by Gasteiger charge is -2.44. The third-order valence-electron chi connectivity index (χ3n) is 3.98. The SMILES string of the molecule is CS(=O)CCCN1CC(=O)NC2(CCCCC2)C1=O. The minimum absolute atomic E-state index is 0.0564. The molecule has 0 aromatic rings. The number of rotatable bonds is 4. The Morgan fingerprint density at radius 3 is 2.58 bits per heavy atom. The Labute approximate surface area is 116 Å². The molecule has 1 aliphatic carbocycles. The van der Waals surface area contributed by atoms with Gasteiger partial charge in [-0.2, -0.15) is 0 Å². The predicted molar refractivity (Wildman–Crippen MR) is 74.1 cm³/mol.